The van der Waals surface area contributed by atoms with Crippen molar-refractivity contribution in [1.82, 2.24) is 0 Å². The largest absolute Gasteiger partial charge is 0.297 e. The third-order valence-corrected chi connectivity index (χ3v) is 1.47. The van der Waals surface area contributed by atoms with Crippen molar-refractivity contribution >= 4 is 35.3 Å². The van der Waals surface area contributed by atoms with Crippen LogP contribution in [0.25, 0.3) is 0 Å². The fraction of sp³-hybridized carbons (Fsp3) is 0.143. The molecule has 0 N–H and O–H groups in total. The summed E-state index contributed by atoms with van der Waals surface area (Å²) in [6, 6.07) is 0. The highest BCUT2D eigenvalue weighted by Gasteiger charge is 2.02. The first kappa shape index (κ1) is 10.4. The van der Waals surface area contributed by atoms with E-state index in [1.807, 2.05) is 0 Å². The molecule has 0 aliphatic rings. The molecule has 0 saturated heterocycles. The van der Waals surface area contributed by atoms with Gasteiger partial charge in [0.15, 0.2) is 12.1 Å². The molecule has 0 aromatic carbocycles. The van der Waals surface area contributed by atoms with E-state index in [0.717, 1.165) is 6.08 Å². The van der Waals surface area contributed by atoms with Crippen molar-refractivity contribution in [3.8, 4) is 0 Å². The van der Waals surface area contributed by atoms with Crippen LogP contribution in [0.3, 0.4) is 0 Å². The van der Waals surface area contributed by atoms with E-state index >= 15 is 0 Å². The smallest absolute Gasteiger partial charge is 0.198 e. The lowest BCUT2D eigenvalue weighted by Gasteiger charge is -1.88. The second-order valence-electron chi connectivity index (χ2n) is 1.65. The van der Waals surface area contributed by atoms with Gasteiger partial charge in [-0.05, 0) is 6.92 Å². The molecule has 60 valence electrons. The second kappa shape index (κ2) is 5.10. The van der Waals surface area contributed by atoms with Crippen molar-refractivity contribution in [1.29, 1.82) is 0 Å². The minimum Gasteiger partial charge on any atom is -0.297 e. The van der Waals surface area contributed by atoms with Gasteiger partial charge in [0.05, 0.1) is 10.1 Å². The van der Waals surface area contributed by atoms with Crippen LogP contribution in [0.15, 0.2) is 22.2 Å². The molecule has 0 aliphatic heterocycles. The van der Waals surface area contributed by atoms with Gasteiger partial charge in [-0.25, -0.2) is 0 Å². The summed E-state index contributed by atoms with van der Waals surface area (Å²) in [4.78, 5) is 20.8. The molecular formula is C7H6Cl2O2. The zero-order chi connectivity index (χ0) is 8.85. The molecular weight excluding hydrogens is 187 g/mol. The summed E-state index contributed by atoms with van der Waals surface area (Å²) < 4.78 is 0. The van der Waals surface area contributed by atoms with Crippen molar-refractivity contribution in [2.24, 2.45) is 0 Å². The summed E-state index contributed by atoms with van der Waals surface area (Å²) in [5.74, 6) is -0.466. The number of hydrogen-bond acceptors (Lipinski definition) is 2. The molecule has 0 spiro atoms. The predicted molar refractivity (Wildman–Crippen MR) is 44.6 cm³/mol. The summed E-state index contributed by atoms with van der Waals surface area (Å²) in [5.41, 5.74) is 0. The van der Waals surface area contributed by atoms with Crippen LogP contribution in [0.2, 0.25) is 0 Å². The Morgan fingerprint density at radius 2 is 1.91 bits per heavy atom. The first-order valence-electron chi connectivity index (χ1n) is 2.80. The van der Waals surface area contributed by atoms with Gasteiger partial charge in [-0.1, -0.05) is 29.3 Å². The third kappa shape index (κ3) is 3.96. The van der Waals surface area contributed by atoms with Crippen LogP contribution < -0.4 is 0 Å². The minimum atomic E-state index is -0.466. The zero-order valence-electron chi connectivity index (χ0n) is 5.80. The fourth-order valence-corrected chi connectivity index (χ4v) is 0.524. The Kier molecular flexibility index (Phi) is 4.83. The molecule has 11 heavy (non-hydrogen) atoms. The molecule has 0 aromatic heterocycles. The summed E-state index contributed by atoms with van der Waals surface area (Å²) in [6.07, 6.45) is 2.77. The molecule has 0 saturated carbocycles. The number of rotatable bonds is 3. The van der Waals surface area contributed by atoms with Crippen LogP contribution >= 0.6 is 23.2 Å². The quantitative estimate of drug-likeness (QED) is 0.507. The Morgan fingerprint density at radius 1 is 1.36 bits per heavy atom. The van der Waals surface area contributed by atoms with Gasteiger partial charge >= 0.3 is 0 Å². The highest BCUT2D eigenvalue weighted by Crippen LogP contribution is 2.06. The summed E-state index contributed by atoms with van der Waals surface area (Å²) in [6.45, 7) is 1.61. The van der Waals surface area contributed by atoms with Crippen molar-refractivity contribution in [2.45, 2.75) is 6.92 Å². The first-order chi connectivity index (χ1) is 5.11. The minimum absolute atomic E-state index is 0.0463. The van der Waals surface area contributed by atoms with Gasteiger partial charge in [0.2, 0.25) is 0 Å². The predicted octanol–water partition coefficient (Wildman–Crippen LogP) is 2.02. The highest BCUT2D eigenvalue weighted by atomic mass is 35.5. The molecule has 2 nitrogen and oxygen atoms in total. The van der Waals surface area contributed by atoms with Gasteiger partial charge in [-0.15, -0.1) is 0 Å². The number of halogens is 2. The van der Waals surface area contributed by atoms with Crippen molar-refractivity contribution in [2.75, 3.05) is 0 Å². The zero-order valence-corrected chi connectivity index (χ0v) is 7.32. The Balaban J connectivity index is 4.41. The molecule has 4 heteroatoms. The molecule has 0 aromatic rings. The van der Waals surface area contributed by atoms with Crippen LogP contribution in [0, 0.1) is 0 Å². The lowest BCUT2D eigenvalue weighted by molar-refractivity contribution is -0.111. The number of hydrogen-bond donors (Lipinski definition) is 0. The number of carbonyl (C=O) groups excluding carboxylic acids is 2. The molecule has 0 radical (unpaired) electrons. The Bertz CT molecular complexity index is 229. The lowest BCUT2D eigenvalue weighted by Crippen LogP contribution is -1.92. The van der Waals surface area contributed by atoms with E-state index in [-0.39, 0.29) is 10.1 Å². The van der Waals surface area contributed by atoms with Crippen LogP contribution in [0.1, 0.15) is 6.92 Å². The maximum atomic E-state index is 10.8. The van der Waals surface area contributed by atoms with Gasteiger partial charge in [-0.2, -0.15) is 0 Å². The van der Waals surface area contributed by atoms with Crippen LogP contribution in [0.4, 0.5) is 0 Å². The van der Waals surface area contributed by atoms with Gasteiger partial charge in [0.1, 0.15) is 0 Å². The van der Waals surface area contributed by atoms with Crippen LogP contribution in [-0.4, -0.2) is 12.1 Å². The van der Waals surface area contributed by atoms with E-state index in [0.29, 0.717) is 6.29 Å². The molecule has 0 bridgehead atoms. The normalized spacial score (nSPS) is 13.0. The molecule has 0 atom stereocenters. The fourth-order valence-electron chi connectivity index (χ4n) is 0.370. The number of allylic oxidation sites excluding steroid dienone is 4. The van der Waals surface area contributed by atoms with Gasteiger partial charge in [-0.3, -0.25) is 9.59 Å². The van der Waals surface area contributed by atoms with E-state index in [2.05, 4.69) is 0 Å². The van der Waals surface area contributed by atoms with Crippen molar-refractivity contribution in [3.63, 3.8) is 0 Å². The maximum absolute atomic E-state index is 10.8. The number of aldehydes is 1. The summed E-state index contributed by atoms with van der Waals surface area (Å²) in [7, 11) is 0. The molecule has 0 heterocycles. The molecule has 0 aliphatic carbocycles. The Morgan fingerprint density at radius 3 is 2.27 bits per heavy atom. The van der Waals surface area contributed by atoms with E-state index in [9.17, 15) is 9.59 Å². The van der Waals surface area contributed by atoms with Gasteiger partial charge < -0.3 is 0 Å². The summed E-state index contributed by atoms with van der Waals surface area (Å²) >= 11 is 10.7. The number of carbonyl (C=O) groups is 2. The lowest BCUT2D eigenvalue weighted by atomic mass is 10.3. The standard InChI is InChI=1S/C7H6Cl2O2/c1-2-6(9)7(11)3-5(8)4-10/h2-4H,1H3. The number of ketones is 1. The van der Waals surface area contributed by atoms with E-state index in [4.69, 9.17) is 23.2 Å². The Hall–Kier alpha value is -0.600. The van der Waals surface area contributed by atoms with Gasteiger partial charge in [0, 0.05) is 6.08 Å². The average Bonchev–Trinajstić information content (AvgIpc) is 2.02. The summed E-state index contributed by atoms with van der Waals surface area (Å²) in [5, 5.41) is -0.111. The monoisotopic (exact) mass is 192 g/mol. The average molecular weight is 193 g/mol. The van der Waals surface area contributed by atoms with E-state index in [1.54, 1.807) is 6.92 Å². The van der Waals surface area contributed by atoms with Crippen molar-refractivity contribution in [3.05, 3.63) is 22.2 Å². The van der Waals surface area contributed by atoms with Crippen LogP contribution in [0.5, 0.6) is 0 Å². The molecule has 0 rings (SSSR count). The SMILES string of the molecule is CC=C(Cl)C(=O)C=C(Cl)C=O. The second-order valence-corrected chi connectivity index (χ2v) is 2.49. The molecule has 0 unspecified atom stereocenters. The third-order valence-electron chi connectivity index (χ3n) is 0.870. The van der Waals surface area contributed by atoms with E-state index < -0.39 is 5.78 Å². The maximum Gasteiger partial charge on any atom is 0.198 e. The first-order valence-corrected chi connectivity index (χ1v) is 3.56. The molecule has 0 amide bonds. The van der Waals surface area contributed by atoms with E-state index in [1.165, 1.54) is 6.08 Å². The highest BCUT2D eigenvalue weighted by molar-refractivity contribution is 6.47. The topological polar surface area (TPSA) is 34.1 Å². The molecule has 0 fully saturated rings. The van der Waals surface area contributed by atoms with Crippen LogP contribution in [-0.2, 0) is 9.59 Å². The Labute approximate surface area is 74.5 Å². The van der Waals surface area contributed by atoms with Gasteiger partial charge in [0.25, 0.3) is 0 Å². The van der Waals surface area contributed by atoms with Crippen molar-refractivity contribution < 1.29 is 9.59 Å².